The Balaban J connectivity index is 0.995. The molecular weight excluding hydrogens is 524 g/mol. The third-order valence-corrected chi connectivity index (χ3v) is 7.72. The molecule has 0 radical (unpaired) electrons. The zero-order valence-electron chi connectivity index (χ0n) is 23.8. The standard InChI is InChI=1S/C36H38N2O4/c39-35(37-31-15-19-33(20-16-31)41-25-23-27-7-3-1-4-8-27)29-11-13-30(14-12-29)36(40)38-32-17-21-34(22-18-32)42-26-24-28-9-5-2-6-10-28/h1-10,15-22,29-30H,11-14,23-26H2,(H,37,39)(H,38,40). The lowest BCUT2D eigenvalue weighted by Gasteiger charge is -2.27. The van der Waals surface area contributed by atoms with Gasteiger partial charge in [0, 0.05) is 36.1 Å². The van der Waals surface area contributed by atoms with Gasteiger partial charge in [0.1, 0.15) is 11.5 Å². The topological polar surface area (TPSA) is 76.7 Å². The molecule has 0 saturated heterocycles. The van der Waals surface area contributed by atoms with E-state index < -0.39 is 0 Å². The maximum Gasteiger partial charge on any atom is 0.227 e. The lowest BCUT2D eigenvalue weighted by molar-refractivity contribution is -0.125. The molecule has 0 atom stereocenters. The molecule has 1 aliphatic rings. The van der Waals surface area contributed by atoms with Crippen LogP contribution in [0.15, 0.2) is 109 Å². The van der Waals surface area contributed by atoms with Crippen LogP contribution in [0.25, 0.3) is 0 Å². The smallest absolute Gasteiger partial charge is 0.227 e. The Morgan fingerprint density at radius 1 is 0.524 bits per heavy atom. The van der Waals surface area contributed by atoms with E-state index in [1.54, 1.807) is 0 Å². The van der Waals surface area contributed by atoms with Crippen LogP contribution in [-0.4, -0.2) is 25.0 Å². The molecular formula is C36H38N2O4. The van der Waals surface area contributed by atoms with Crippen LogP contribution >= 0.6 is 0 Å². The van der Waals surface area contributed by atoms with Crippen molar-refractivity contribution in [3.63, 3.8) is 0 Å². The number of amides is 2. The normalized spacial score (nSPS) is 16.3. The fourth-order valence-corrected chi connectivity index (χ4v) is 5.24. The third-order valence-electron chi connectivity index (χ3n) is 7.72. The molecule has 2 amide bonds. The molecule has 0 unspecified atom stereocenters. The highest BCUT2D eigenvalue weighted by Gasteiger charge is 2.30. The Bertz CT molecular complexity index is 1290. The molecule has 4 aromatic carbocycles. The minimum absolute atomic E-state index is 0.00876. The van der Waals surface area contributed by atoms with Gasteiger partial charge in [-0.1, -0.05) is 60.7 Å². The Morgan fingerprint density at radius 2 is 0.881 bits per heavy atom. The number of nitrogens with one attached hydrogen (secondary N) is 2. The van der Waals surface area contributed by atoms with Gasteiger partial charge in [-0.25, -0.2) is 0 Å². The summed E-state index contributed by atoms with van der Waals surface area (Å²) in [5.74, 6) is 1.39. The molecule has 0 aromatic heterocycles. The van der Waals surface area contributed by atoms with E-state index in [1.807, 2.05) is 84.9 Å². The van der Waals surface area contributed by atoms with Crippen LogP contribution in [0.3, 0.4) is 0 Å². The first-order chi connectivity index (χ1) is 20.6. The molecule has 1 aliphatic carbocycles. The third kappa shape index (κ3) is 8.71. The zero-order chi connectivity index (χ0) is 29.0. The highest BCUT2D eigenvalue weighted by molar-refractivity contribution is 5.94. The number of carbonyl (C=O) groups excluding carboxylic acids is 2. The van der Waals surface area contributed by atoms with Crippen molar-refractivity contribution in [2.75, 3.05) is 23.8 Å². The van der Waals surface area contributed by atoms with Crippen LogP contribution < -0.4 is 20.1 Å². The van der Waals surface area contributed by atoms with E-state index in [2.05, 4.69) is 34.9 Å². The van der Waals surface area contributed by atoms with Crippen molar-refractivity contribution < 1.29 is 19.1 Å². The zero-order valence-corrected chi connectivity index (χ0v) is 23.8. The molecule has 2 N–H and O–H groups in total. The van der Waals surface area contributed by atoms with Gasteiger partial charge in [0.05, 0.1) is 13.2 Å². The molecule has 216 valence electrons. The Labute approximate surface area is 248 Å². The van der Waals surface area contributed by atoms with Gasteiger partial charge in [-0.15, -0.1) is 0 Å². The van der Waals surface area contributed by atoms with Gasteiger partial charge in [0.15, 0.2) is 0 Å². The van der Waals surface area contributed by atoms with Gasteiger partial charge in [-0.2, -0.15) is 0 Å². The van der Waals surface area contributed by atoms with Crippen molar-refractivity contribution in [3.8, 4) is 11.5 Å². The van der Waals surface area contributed by atoms with Gasteiger partial charge < -0.3 is 20.1 Å². The predicted molar refractivity (Wildman–Crippen MR) is 167 cm³/mol. The van der Waals surface area contributed by atoms with Gasteiger partial charge in [0.25, 0.3) is 0 Å². The lowest BCUT2D eigenvalue weighted by Crippen LogP contribution is -2.32. The van der Waals surface area contributed by atoms with E-state index in [4.69, 9.17) is 9.47 Å². The molecule has 4 aromatic rings. The molecule has 0 bridgehead atoms. The summed E-state index contributed by atoms with van der Waals surface area (Å²) in [6.07, 6.45) is 4.46. The van der Waals surface area contributed by atoms with E-state index in [-0.39, 0.29) is 23.7 Å². The van der Waals surface area contributed by atoms with Crippen molar-refractivity contribution in [1.82, 2.24) is 0 Å². The quantitative estimate of drug-likeness (QED) is 0.190. The molecule has 1 fully saturated rings. The Hall–Kier alpha value is -4.58. The first kappa shape index (κ1) is 28.9. The SMILES string of the molecule is O=C(Nc1ccc(OCCc2ccccc2)cc1)C1CCC(C(=O)Nc2ccc(OCCc3ccccc3)cc2)CC1. The highest BCUT2D eigenvalue weighted by atomic mass is 16.5. The number of ether oxygens (including phenoxy) is 2. The van der Waals surface area contributed by atoms with Gasteiger partial charge in [-0.05, 0) is 85.3 Å². The minimum Gasteiger partial charge on any atom is -0.493 e. The number of hydrogen-bond acceptors (Lipinski definition) is 4. The Kier molecular flexibility index (Phi) is 10.2. The van der Waals surface area contributed by atoms with Crippen LogP contribution in [0.5, 0.6) is 11.5 Å². The van der Waals surface area contributed by atoms with Gasteiger partial charge in [0.2, 0.25) is 11.8 Å². The second kappa shape index (κ2) is 14.9. The largest absolute Gasteiger partial charge is 0.493 e. The second-order valence-electron chi connectivity index (χ2n) is 10.7. The molecule has 6 heteroatoms. The van der Waals surface area contributed by atoms with Crippen LogP contribution in [0.1, 0.15) is 36.8 Å². The van der Waals surface area contributed by atoms with Crippen molar-refractivity contribution in [2.45, 2.75) is 38.5 Å². The second-order valence-corrected chi connectivity index (χ2v) is 10.7. The van der Waals surface area contributed by atoms with Crippen molar-refractivity contribution in [1.29, 1.82) is 0 Å². The lowest BCUT2D eigenvalue weighted by atomic mass is 9.81. The Morgan fingerprint density at radius 3 is 1.24 bits per heavy atom. The summed E-state index contributed by atoms with van der Waals surface area (Å²) in [4.78, 5) is 25.8. The highest BCUT2D eigenvalue weighted by Crippen LogP contribution is 2.31. The summed E-state index contributed by atoms with van der Waals surface area (Å²) in [6, 6.07) is 35.5. The van der Waals surface area contributed by atoms with Crippen LogP contribution in [-0.2, 0) is 22.4 Å². The summed E-state index contributed by atoms with van der Waals surface area (Å²) < 4.78 is 11.7. The number of benzene rings is 4. The van der Waals surface area contributed by atoms with Gasteiger partial charge >= 0.3 is 0 Å². The minimum atomic E-state index is -0.0943. The number of rotatable bonds is 12. The van der Waals surface area contributed by atoms with E-state index in [0.29, 0.717) is 38.9 Å². The van der Waals surface area contributed by atoms with E-state index in [9.17, 15) is 9.59 Å². The summed E-state index contributed by atoms with van der Waals surface area (Å²) in [5, 5.41) is 6.05. The van der Waals surface area contributed by atoms with E-state index in [0.717, 1.165) is 35.7 Å². The molecule has 0 heterocycles. The summed E-state index contributed by atoms with van der Waals surface area (Å²) in [7, 11) is 0. The molecule has 5 rings (SSSR count). The number of hydrogen-bond donors (Lipinski definition) is 2. The number of anilines is 2. The van der Waals surface area contributed by atoms with E-state index in [1.165, 1.54) is 11.1 Å². The summed E-state index contributed by atoms with van der Waals surface area (Å²) in [5.41, 5.74) is 3.98. The van der Waals surface area contributed by atoms with E-state index >= 15 is 0 Å². The molecule has 42 heavy (non-hydrogen) atoms. The van der Waals surface area contributed by atoms with Gasteiger partial charge in [-0.3, -0.25) is 9.59 Å². The average Bonchev–Trinajstić information content (AvgIpc) is 3.04. The number of carbonyl (C=O) groups is 2. The molecule has 0 aliphatic heterocycles. The first-order valence-electron chi connectivity index (χ1n) is 14.8. The monoisotopic (exact) mass is 562 g/mol. The molecule has 1 saturated carbocycles. The van der Waals surface area contributed by atoms with Crippen LogP contribution in [0.4, 0.5) is 11.4 Å². The van der Waals surface area contributed by atoms with Crippen LogP contribution in [0, 0.1) is 11.8 Å². The van der Waals surface area contributed by atoms with Crippen molar-refractivity contribution in [2.24, 2.45) is 11.8 Å². The average molecular weight is 563 g/mol. The van der Waals surface area contributed by atoms with Crippen molar-refractivity contribution >= 4 is 23.2 Å². The van der Waals surface area contributed by atoms with Crippen LogP contribution in [0.2, 0.25) is 0 Å². The van der Waals surface area contributed by atoms with Crippen molar-refractivity contribution in [3.05, 3.63) is 120 Å². The maximum absolute atomic E-state index is 12.9. The maximum atomic E-state index is 12.9. The fourth-order valence-electron chi connectivity index (χ4n) is 5.24. The molecule has 6 nitrogen and oxygen atoms in total. The predicted octanol–water partition coefficient (Wildman–Crippen LogP) is 7.31. The fraction of sp³-hybridized carbons (Fsp3) is 0.278. The molecule has 0 spiro atoms. The summed E-state index contributed by atoms with van der Waals surface area (Å²) in [6.45, 7) is 1.20. The first-order valence-corrected chi connectivity index (χ1v) is 14.8. The summed E-state index contributed by atoms with van der Waals surface area (Å²) >= 11 is 0.